The van der Waals surface area contributed by atoms with E-state index in [4.69, 9.17) is 4.74 Å². The zero-order chi connectivity index (χ0) is 18.1. The molecule has 2 aromatic rings. The molecule has 132 valence electrons. The molecule has 2 aliphatic rings. The summed E-state index contributed by atoms with van der Waals surface area (Å²) in [7, 11) is 0. The van der Waals surface area contributed by atoms with Crippen molar-refractivity contribution in [2.45, 2.75) is 38.5 Å². The van der Waals surface area contributed by atoms with E-state index in [1.807, 2.05) is 36.4 Å². The van der Waals surface area contributed by atoms with Crippen molar-refractivity contribution in [2.24, 2.45) is 0 Å². The zero-order valence-corrected chi connectivity index (χ0v) is 14.3. The summed E-state index contributed by atoms with van der Waals surface area (Å²) in [4.78, 5) is 38.1. The molecule has 4 rings (SSSR count). The topological polar surface area (TPSA) is 63.7 Å². The van der Waals surface area contributed by atoms with Crippen molar-refractivity contribution in [1.29, 1.82) is 0 Å². The number of fused-ring (bicyclic) bond motifs is 1. The fourth-order valence-electron chi connectivity index (χ4n) is 3.64. The quantitative estimate of drug-likeness (QED) is 0.796. The number of rotatable bonds is 4. The zero-order valence-electron chi connectivity index (χ0n) is 14.3. The van der Waals surface area contributed by atoms with E-state index < -0.39 is 6.04 Å². The Morgan fingerprint density at radius 3 is 2.58 bits per heavy atom. The number of hydrogen-bond acceptors (Lipinski definition) is 4. The van der Waals surface area contributed by atoms with Gasteiger partial charge in [-0.05, 0) is 24.1 Å². The molecule has 0 radical (unpaired) electrons. The molecule has 5 nitrogen and oxygen atoms in total. The predicted octanol–water partition coefficient (Wildman–Crippen LogP) is 2.91. The molecule has 0 spiro atoms. The Balaban J connectivity index is 1.54. The van der Waals surface area contributed by atoms with Crippen molar-refractivity contribution in [3.8, 4) is 5.75 Å². The van der Waals surface area contributed by atoms with Gasteiger partial charge in [0.25, 0.3) is 5.91 Å². The van der Waals surface area contributed by atoms with Crippen molar-refractivity contribution in [2.75, 3.05) is 0 Å². The number of hydrogen-bond donors (Lipinski definition) is 0. The van der Waals surface area contributed by atoms with Crippen LogP contribution in [0.1, 0.15) is 40.7 Å². The SMILES string of the molecule is O=C1CCC(N2Cc3c(OCc4ccccc4)cccc3C2=O)C(=O)C1. The minimum absolute atomic E-state index is 0.0395. The molecule has 2 aromatic carbocycles. The number of nitrogens with zero attached hydrogens (tertiary/aromatic N) is 1. The lowest BCUT2D eigenvalue weighted by Gasteiger charge is -2.29. The summed E-state index contributed by atoms with van der Waals surface area (Å²) in [5.74, 6) is 0.316. The molecular formula is C21H19NO4. The van der Waals surface area contributed by atoms with Gasteiger partial charge in [-0.15, -0.1) is 0 Å². The molecule has 1 atom stereocenters. The molecule has 1 aliphatic carbocycles. The smallest absolute Gasteiger partial charge is 0.255 e. The highest BCUT2D eigenvalue weighted by molar-refractivity contribution is 6.07. The number of carbonyl (C=O) groups is 3. The van der Waals surface area contributed by atoms with Crippen LogP contribution in [-0.2, 0) is 22.7 Å². The summed E-state index contributed by atoms with van der Waals surface area (Å²) in [5, 5.41) is 0. The van der Waals surface area contributed by atoms with Crippen LogP contribution in [-0.4, -0.2) is 28.4 Å². The molecule has 1 amide bonds. The van der Waals surface area contributed by atoms with Gasteiger partial charge in [-0.3, -0.25) is 14.4 Å². The molecule has 5 heteroatoms. The Morgan fingerprint density at radius 2 is 1.81 bits per heavy atom. The van der Waals surface area contributed by atoms with E-state index >= 15 is 0 Å². The first-order valence-electron chi connectivity index (χ1n) is 8.77. The van der Waals surface area contributed by atoms with Crippen molar-refractivity contribution >= 4 is 17.5 Å². The molecule has 26 heavy (non-hydrogen) atoms. The van der Waals surface area contributed by atoms with Gasteiger partial charge in [-0.2, -0.15) is 0 Å². The van der Waals surface area contributed by atoms with Crippen molar-refractivity contribution in [3.05, 3.63) is 65.2 Å². The van der Waals surface area contributed by atoms with E-state index in [9.17, 15) is 14.4 Å². The minimum atomic E-state index is -0.505. The fraction of sp³-hybridized carbons (Fsp3) is 0.286. The third kappa shape index (κ3) is 3.01. The van der Waals surface area contributed by atoms with Crippen LogP contribution < -0.4 is 4.74 Å². The predicted molar refractivity (Wildman–Crippen MR) is 94.7 cm³/mol. The van der Waals surface area contributed by atoms with Crippen LogP contribution in [0.25, 0.3) is 0 Å². The molecule has 0 N–H and O–H groups in total. The average Bonchev–Trinajstić information content (AvgIpc) is 2.98. The number of ether oxygens (including phenoxy) is 1. The van der Waals surface area contributed by atoms with Crippen LogP contribution in [0.15, 0.2) is 48.5 Å². The van der Waals surface area contributed by atoms with Gasteiger partial charge in [0.2, 0.25) is 0 Å². The third-order valence-corrected chi connectivity index (χ3v) is 5.01. The van der Waals surface area contributed by atoms with E-state index in [1.54, 1.807) is 17.0 Å². The fourth-order valence-corrected chi connectivity index (χ4v) is 3.64. The normalized spacial score (nSPS) is 19.6. The van der Waals surface area contributed by atoms with Crippen molar-refractivity contribution < 1.29 is 19.1 Å². The molecule has 1 aliphatic heterocycles. The molecule has 1 fully saturated rings. The van der Waals surface area contributed by atoms with Crippen LogP contribution in [0.5, 0.6) is 5.75 Å². The molecule has 0 aromatic heterocycles. The van der Waals surface area contributed by atoms with Crippen LogP contribution in [0.2, 0.25) is 0 Å². The maximum absolute atomic E-state index is 12.8. The molecule has 1 saturated carbocycles. The van der Waals surface area contributed by atoms with Gasteiger partial charge in [-0.1, -0.05) is 36.4 Å². The number of carbonyl (C=O) groups excluding carboxylic acids is 3. The maximum Gasteiger partial charge on any atom is 0.255 e. The Morgan fingerprint density at radius 1 is 1.00 bits per heavy atom. The number of ketones is 2. The number of amides is 1. The second kappa shape index (κ2) is 6.75. The van der Waals surface area contributed by atoms with Gasteiger partial charge >= 0.3 is 0 Å². The molecular weight excluding hydrogens is 330 g/mol. The lowest BCUT2D eigenvalue weighted by atomic mass is 9.92. The highest BCUT2D eigenvalue weighted by Gasteiger charge is 2.39. The van der Waals surface area contributed by atoms with Crippen LogP contribution in [0, 0.1) is 0 Å². The Hall–Kier alpha value is -2.95. The van der Waals surface area contributed by atoms with Crippen LogP contribution in [0.3, 0.4) is 0 Å². The Labute approximate surface area is 151 Å². The van der Waals surface area contributed by atoms with Gasteiger partial charge in [0.15, 0.2) is 5.78 Å². The molecule has 1 heterocycles. The summed E-state index contributed by atoms with van der Waals surface area (Å²) in [6.07, 6.45) is 0.702. The molecule has 0 bridgehead atoms. The van der Waals surface area contributed by atoms with E-state index in [1.165, 1.54) is 0 Å². The highest BCUT2D eigenvalue weighted by Crippen LogP contribution is 2.34. The van der Waals surface area contributed by atoms with Gasteiger partial charge in [0, 0.05) is 17.5 Å². The first kappa shape index (κ1) is 16.5. The van der Waals surface area contributed by atoms with Crippen LogP contribution in [0.4, 0.5) is 0 Å². The van der Waals surface area contributed by atoms with Crippen LogP contribution >= 0.6 is 0 Å². The van der Waals surface area contributed by atoms with E-state index in [-0.39, 0.29) is 23.9 Å². The van der Waals surface area contributed by atoms with Gasteiger partial charge in [0.1, 0.15) is 18.1 Å². The lowest BCUT2D eigenvalue weighted by Crippen LogP contribution is -2.44. The average molecular weight is 349 g/mol. The summed E-state index contributed by atoms with van der Waals surface area (Å²) < 4.78 is 5.94. The van der Waals surface area contributed by atoms with Gasteiger partial charge in [0.05, 0.1) is 19.0 Å². The summed E-state index contributed by atoms with van der Waals surface area (Å²) in [6, 6.07) is 14.7. The molecule has 1 unspecified atom stereocenters. The second-order valence-electron chi connectivity index (χ2n) is 6.73. The van der Waals surface area contributed by atoms with E-state index in [2.05, 4.69) is 0 Å². The van der Waals surface area contributed by atoms with E-state index in [0.29, 0.717) is 37.3 Å². The lowest BCUT2D eigenvalue weighted by molar-refractivity contribution is -0.133. The third-order valence-electron chi connectivity index (χ3n) is 5.01. The van der Waals surface area contributed by atoms with Gasteiger partial charge < -0.3 is 9.64 Å². The number of benzene rings is 2. The highest BCUT2D eigenvalue weighted by atomic mass is 16.5. The van der Waals surface area contributed by atoms with Crippen molar-refractivity contribution in [1.82, 2.24) is 4.90 Å². The van der Waals surface area contributed by atoms with Crippen molar-refractivity contribution in [3.63, 3.8) is 0 Å². The first-order chi connectivity index (χ1) is 12.6. The monoisotopic (exact) mass is 349 g/mol. The Bertz CT molecular complexity index is 875. The standard InChI is InChI=1S/C21H19NO4/c23-15-9-10-18(19(24)11-15)22-12-17-16(21(22)25)7-4-8-20(17)26-13-14-5-2-1-3-6-14/h1-8,18H,9-13H2. The number of Topliss-reactive ketones (excluding diaryl/α,β-unsaturated/α-hetero) is 2. The summed E-state index contributed by atoms with van der Waals surface area (Å²) >= 11 is 0. The largest absolute Gasteiger partial charge is 0.489 e. The summed E-state index contributed by atoms with van der Waals surface area (Å²) in [5.41, 5.74) is 2.45. The molecule has 0 saturated heterocycles. The van der Waals surface area contributed by atoms with E-state index in [0.717, 1.165) is 11.1 Å². The second-order valence-corrected chi connectivity index (χ2v) is 6.73. The maximum atomic E-state index is 12.8. The van der Waals surface area contributed by atoms with Gasteiger partial charge in [-0.25, -0.2) is 0 Å². The Kier molecular flexibility index (Phi) is 4.29. The minimum Gasteiger partial charge on any atom is -0.489 e. The first-order valence-corrected chi connectivity index (χ1v) is 8.77. The summed E-state index contributed by atoms with van der Waals surface area (Å²) in [6.45, 7) is 0.770.